The lowest BCUT2D eigenvalue weighted by Crippen LogP contribution is -2.36. The number of nitrogen functional groups attached to an aromatic ring is 1. The molecule has 5 N–H and O–H groups in total. The quantitative estimate of drug-likeness (QED) is 0.486. The molecule has 2 aliphatic rings. The number of nitrogens with two attached hydrogens (primary N) is 2. The van der Waals surface area contributed by atoms with Crippen LogP contribution in [0.4, 0.5) is 23.1 Å². The fraction of sp³-hybridized carbons (Fsp3) is 0.500. The summed E-state index contributed by atoms with van der Waals surface area (Å²) in [6, 6.07) is 8.14. The van der Waals surface area contributed by atoms with Crippen LogP contribution in [0.2, 0.25) is 0 Å². The van der Waals surface area contributed by atoms with E-state index in [1.54, 1.807) is 4.68 Å². The number of aromatic nitrogens is 4. The molecule has 182 valence electrons. The van der Waals surface area contributed by atoms with Gasteiger partial charge in [-0.2, -0.15) is 15.1 Å². The third-order valence-electron chi connectivity index (χ3n) is 6.49. The molecule has 3 aromatic rings. The summed E-state index contributed by atoms with van der Waals surface area (Å²) in [6.07, 6.45) is 4.42. The largest absolute Gasteiger partial charge is 0.383 e. The molecular weight excluding hydrogens is 456 g/mol. The van der Waals surface area contributed by atoms with Crippen molar-refractivity contribution in [1.82, 2.24) is 19.7 Å². The number of fused-ring (bicyclic) bond motifs is 1. The van der Waals surface area contributed by atoms with E-state index in [-0.39, 0.29) is 34.3 Å². The average molecular weight is 487 g/mol. The zero-order chi connectivity index (χ0) is 23.9. The van der Waals surface area contributed by atoms with Gasteiger partial charge < -0.3 is 26.4 Å². The number of rotatable bonds is 5. The first-order chi connectivity index (χ1) is 16.3. The molecule has 0 bridgehead atoms. The summed E-state index contributed by atoms with van der Waals surface area (Å²) < 4.78 is 32.0. The Hall–Kier alpha value is -2.96. The standard InChI is InChI=1S/C22H30N8O3S/c1-34(31,32)21-18-19(24)26-22(27-20(18)30(28-21)17-6-2-14(23)3-7-17)25-15-4-8-16(9-5-15)29-10-12-33-13-11-29/h4-5,8-9,14,17H,2-3,6-7,10-13,23H2,1H3,(H3,24,25,26,27)/t14-,17+. The number of nitrogens with one attached hydrogen (secondary N) is 1. The summed E-state index contributed by atoms with van der Waals surface area (Å²) in [5.41, 5.74) is 14.7. The molecule has 0 spiro atoms. The van der Waals surface area contributed by atoms with Crippen molar-refractivity contribution >= 4 is 44.0 Å². The van der Waals surface area contributed by atoms with Gasteiger partial charge in [0.1, 0.15) is 11.2 Å². The Labute approximate surface area is 198 Å². The molecule has 12 heteroatoms. The molecule has 1 aromatic carbocycles. The number of ether oxygens (including phenoxy) is 1. The molecule has 2 fully saturated rings. The van der Waals surface area contributed by atoms with Gasteiger partial charge in [-0.3, -0.25) is 0 Å². The van der Waals surface area contributed by atoms with Gasteiger partial charge in [0, 0.05) is 36.8 Å². The van der Waals surface area contributed by atoms with E-state index < -0.39 is 9.84 Å². The van der Waals surface area contributed by atoms with E-state index in [4.69, 9.17) is 16.2 Å². The zero-order valence-corrected chi connectivity index (χ0v) is 20.0. The van der Waals surface area contributed by atoms with Gasteiger partial charge in [0.15, 0.2) is 20.5 Å². The van der Waals surface area contributed by atoms with Crippen molar-refractivity contribution in [3.8, 4) is 0 Å². The van der Waals surface area contributed by atoms with E-state index in [0.29, 0.717) is 5.65 Å². The Morgan fingerprint density at radius 2 is 1.74 bits per heavy atom. The van der Waals surface area contributed by atoms with Crippen LogP contribution in [-0.4, -0.2) is 66.8 Å². The summed E-state index contributed by atoms with van der Waals surface area (Å²) in [4.78, 5) is 11.3. The number of sulfone groups is 1. The highest BCUT2D eigenvalue weighted by molar-refractivity contribution is 7.90. The molecule has 11 nitrogen and oxygen atoms in total. The van der Waals surface area contributed by atoms with Crippen molar-refractivity contribution in [2.45, 2.75) is 42.8 Å². The lowest BCUT2D eigenvalue weighted by Gasteiger charge is -2.28. The Kier molecular flexibility index (Phi) is 6.04. The van der Waals surface area contributed by atoms with E-state index in [2.05, 4.69) is 25.3 Å². The monoisotopic (exact) mass is 486 g/mol. The Morgan fingerprint density at radius 3 is 2.38 bits per heavy atom. The van der Waals surface area contributed by atoms with E-state index >= 15 is 0 Å². The molecule has 0 atom stereocenters. The number of morpholine rings is 1. The van der Waals surface area contributed by atoms with Crippen LogP contribution in [0.1, 0.15) is 31.7 Å². The normalized spacial score (nSPS) is 21.6. The Bertz CT molecular complexity index is 1280. The second kappa shape index (κ2) is 9.01. The predicted molar refractivity (Wildman–Crippen MR) is 131 cm³/mol. The first-order valence-corrected chi connectivity index (χ1v) is 13.4. The highest BCUT2D eigenvalue weighted by Gasteiger charge is 2.29. The van der Waals surface area contributed by atoms with Gasteiger partial charge in [-0.1, -0.05) is 0 Å². The van der Waals surface area contributed by atoms with Gasteiger partial charge in [-0.25, -0.2) is 13.1 Å². The highest BCUT2D eigenvalue weighted by Crippen LogP contribution is 2.34. The maximum absolute atomic E-state index is 12.5. The van der Waals surface area contributed by atoms with Gasteiger partial charge in [0.2, 0.25) is 5.95 Å². The van der Waals surface area contributed by atoms with Crippen LogP contribution >= 0.6 is 0 Å². The minimum Gasteiger partial charge on any atom is -0.383 e. The number of hydrogen-bond acceptors (Lipinski definition) is 10. The molecule has 1 saturated heterocycles. The highest BCUT2D eigenvalue weighted by atomic mass is 32.2. The van der Waals surface area contributed by atoms with E-state index in [1.165, 1.54) is 0 Å². The molecule has 1 saturated carbocycles. The molecule has 3 heterocycles. The second-order valence-corrected chi connectivity index (χ2v) is 10.9. The summed E-state index contributed by atoms with van der Waals surface area (Å²) in [5, 5.41) is 7.82. The van der Waals surface area contributed by atoms with Gasteiger partial charge in [-0.15, -0.1) is 0 Å². The Morgan fingerprint density at radius 1 is 1.06 bits per heavy atom. The third-order valence-corrected chi connectivity index (χ3v) is 7.47. The zero-order valence-electron chi connectivity index (χ0n) is 19.1. The average Bonchev–Trinajstić information content (AvgIpc) is 3.21. The molecule has 1 aliphatic heterocycles. The second-order valence-electron chi connectivity index (χ2n) is 8.99. The van der Waals surface area contributed by atoms with Crippen molar-refractivity contribution in [1.29, 1.82) is 0 Å². The number of benzene rings is 1. The van der Waals surface area contributed by atoms with Crippen molar-refractivity contribution in [2.75, 3.05) is 48.5 Å². The van der Waals surface area contributed by atoms with Crippen LogP contribution in [-0.2, 0) is 14.6 Å². The fourth-order valence-electron chi connectivity index (χ4n) is 4.65. The number of hydrogen-bond donors (Lipinski definition) is 3. The molecule has 0 unspecified atom stereocenters. The first kappa shape index (κ1) is 22.8. The molecule has 0 amide bonds. The predicted octanol–water partition coefficient (Wildman–Crippen LogP) is 1.83. The smallest absolute Gasteiger partial charge is 0.231 e. The molecular formula is C22H30N8O3S. The Balaban J connectivity index is 1.48. The van der Waals surface area contributed by atoms with E-state index in [9.17, 15) is 8.42 Å². The van der Waals surface area contributed by atoms with Gasteiger partial charge in [-0.05, 0) is 49.9 Å². The van der Waals surface area contributed by atoms with E-state index in [1.807, 2.05) is 24.3 Å². The van der Waals surface area contributed by atoms with Crippen LogP contribution < -0.4 is 21.7 Å². The molecule has 34 heavy (non-hydrogen) atoms. The maximum Gasteiger partial charge on any atom is 0.231 e. The van der Waals surface area contributed by atoms with Gasteiger partial charge in [0.05, 0.1) is 19.3 Å². The van der Waals surface area contributed by atoms with Gasteiger partial charge in [0.25, 0.3) is 0 Å². The van der Waals surface area contributed by atoms with Crippen LogP contribution in [0, 0.1) is 0 Å². The first-order valence-electron chi connectivity index (χ1n) is 11.5. The van der Waals surface area contributed by atoms with E-state index in [0.717, 1.165) is 69.6 Å². The topological polar surface area (TPSA) is 154 Å². The van der Waals surface area contributed by atoms with Gasteiger partial charge >= 0.3 is 0 Å². The van der Waals surface area contributed by atoms with Crippen molar-refractivity contribution in [2.24, 2.45) is 5.73 Å². The number of anilines is 4. The molecule has 0 radical (unpaired) electrons. The fourth-order valence-corrected chi connectivity index (χ4v) is 5.46. The van der Waals surface area contributed by atoms with Crippen molar-refractivity contribution < 1.29 is 13.2 Å². The molecule has 2 aromatic heterocycles. The third kappa shape index (κ3) is 4.52. The summed E-state index contributed by atoms with van der Waals surface area (Å²) >= 11 is 0. The molecule has 1 aliphatic carbocycles. The van der Waals surface area contributed by atoms with Crippen molar-refractivity contribution in [3.63, 3.8) is 0 Å². The van der Waals surface area contributed by atoms with Crippen LogP contribution in [0.5, 0.6) is 0 Å². The lowest BCUT2D eigenvalue weighted by atomic mass is 9.92. The summed E-state index contributed by atoms with van der Waals surface area (Å²) in [7, 11) is -3.62. The van der Waals surface area contributed by atoms with Crippen LogP contribution in [0.25, 0.3) is 11.0 Å². The molecule has 5 rings (SSSR count). The van der Waals surface area contributed by atoms with Crippen molar-refractivity contribution in [3.05, 3.63) is 24.3 Å². The summed E-state index contributed by atoms with van der Waals surface area (Å²) in [6.45, 7) is 3.18. The number of nitrogens with zero attached hydrogens (tertiary/aromatic N) is 5. The summed E-state index contributed by atoms with van der Waals surface area (Å²) in [5.74, 6) is 0.370. The lowest BCUT2D eigenvalue weighted by molar-refractivity contribution is 0.122. The minimum absolute atomic E-state index is 0.00718. The minimum atomic E-state index is -3.62. The van der Waals surface area contributed by atoms with Crippen LogP contribution in [0.15, 0.2) is 29.3 Å². The maximum atomic E-state index is 12.5. The SMILES string of the molecule is CS(=O)(=O)c1nn([C@H]2CC[C@@H](N)CC2)c2nc(Nc3ccc(N4CCOCC4)cc3)nc(N)c12. The van der Waals surface area contributed by atoms with Crippen LogP contribution in [0.3, 0.4) is 0 Å².